The zero-order valence-electron chi connectivity index (χ0n) is 13.4. The molecule has 4 rings (SSSR count). The standard InChI is InChI=1S/C17H18N6O/c1-23-10-13(9-20-23)11-4-5-12-8-19-17(21-15(12)7-11)22-16(24)14-3-2-6-18-14/h4-5,7-10,14,18H,2-3,6H2,1H3,(H,19,21,22,24). The number of hydrogen-bond acceptors (Lipinski definition) is 5. The molecule has 1 aliphatic heterocycles. The molecule has 24 heavy (non-hydrogen) atoms. The molecule has 1 unspecified atom stereocenters. The van der Waals surface area contributed by atoms with Gasteiger partial charge >= 0.3 is 0 Å². The minimum absolute atomic E-state index is 0.0738. The van der Waals surface area contributed by atoms with Crippen LogP contribution in [-0.2, 0) is 11.8 Å². The Balaban J connectivity index is 1.62. The van der Waals surface area contributed by atoms with Crippen LogP contribution in [0, 0.1) is 0 Å². The van der Waals surface area contributed by atoms with Gasteiger partial charge in [-0.1, -0.05) is 12.1 Å². The predicted molar refractivity (Wildman–Crippen MR) is 91.4 cm³/mol. The van der Waals surface area contributed by atoms with Crippen molar-refractivity contribution >= 4 is 22.8 Å². The number of hydrogen-bond donors (Lipinski definition) is 2. The van der Waals surface area contributed by atoms with Crippen LogP contribution in [0.1, 0.15) is 12.8 Å². The Kier molecular flexibility index (Phi) is 3.70. The monoisotopic (exact) mass is 322 g/mol. The van der Waals surface area contributed by atoms with E-state index in [0.717, 1.165) is 41.4 Å². The number of amides is 1. The van der Waals surface area contributed by atoms with E-state index >= 15 is 0 Å². The lowest BCUT2D eigenvalue weighted by molar-refractivity contribution is -0.117. The van der Waals surface area contributed by atoms with E-state index in [4.69, 9.17) is 0 Å². The van der Waals surface area contributed by atoms with E-state index in [0.29, 0.717) is 5.95 Å². The number of carbonyl (C=O) groups excluding carboxylic acids is 1. The van der Waals surface area contributed by atoms with Crippen molar-refractivity contribution in [1.82, 2.24) is 25.1 Å². The molecule has 7 heteroatoms. The smallest absolute Gasteiger partial charge is 0.243 e. The van der Waals surface area contributed by atoms with E-state index in [2.05, 4.69) is 25.7 Å². The molecule has 1 amide bonds. The fourth-order valence-electron chi connectivity index (χ4n) is 2.94. The molecule has 2 aromatic heterocycles. The molecule has 0 radical (unpaired) electrons. The van der Waals surface area contributed by atoms with Gasteiger partial charge in [-0.2, -0.15) is 5.10 Å². The number of rotatable bonds is 3. The summed E-state index contributed by atoms with van der Waals surface area (Å²) in [5.41, 5.74) is 2.85. The Morgan fingerprint density at radius 3 is 3.00 bits per heavy atom. The van der Waals surface area contributed by atoms with Gasteiger partial charge in [0.15, 0.2) is 0 Å². The third kappa shape index (κ3) is 2.85. The summed E-state index contributed by atoms with van der Waals surface area (Å²) in [7, 11) is 1.89. The van der Waals surface area contributed by atoms with Crippen LogP contribution in [0.3, 0.4) is 0 Å². The van der Waals surface area contributed by atoms with Gasteiger partial charge < -0.3 is 5.32 Å². The molecule has 1 aromatic carbocycles. The molecule has 0 saturated carbocycles. The molecular formula is C17H18N6O. The molecule has 0 aliphatic carbocycles. The number of fused-ring (bicyclic) bond motifs is 1. The van der Waals surface area contributed by atoms with E-state index in [-0.39, 0.29) is 11.9 Å². The summed E-state index contributed by atoms with van der Waals surface area (Å²) < 4.78 is 1.76. The van der Waals surface area contributed by atoms with Crippen molar-refractivity contribution in [1.29, 1.82) is 0 Å². The number of aromatic nitrogens is 4. The Hall–Kier alpha value is -2.80. The molecule has 3 heterocycles. The maximum absolute atomic E-state index is 12.2. The SMILES string of the molecule is Cn1cc(-c2ccc3cnc(NC(=O)C4CCCN4)nc3c2)cn1. The minimum atomic E-state index is -0.147. The molecule has 122 valence electrons. The lowest BCUT2D eigenvalue weighted by Gasteiger charge is -2.10. The van der Waals surface area contributed by atoms with E-state index in [9.17, 15) is 4.79 Å². The number of nitrogens with one attached hydrogen (secondary N) is 2. The van der Waals surface area contributed by atoms with Gasteiger partial charge in [-0.15, -0.1) is 0 Å². The van der Waals surface area contributed by atoms with Gasteiger partial charge in [0.05, 0.1) is 17.8 Å². The van der Waals surface area contributed by atoms with Gasteiger partial charge in [0.2, 0.25) is 11.9 Å². The highest BCUT2D eigenvalue weighted by molar-refractivity contribution is 5.94. The fraction of sp³-hybridized carbons (Fsp3) is 0.294. The van der Waals surface area contributed by atoms with E-state index in [1.54, 1.807) is 10.9 Å². The number of nitrogens with zero attached hydrogens (tertiary/aromatic N) is 4. The highest BCUT2D eigenvalue weighted by Gasteiger charge is 2.22. The average molecular weight is 322 g/mol. The van der Waals surface area contributed by atoms with Crippen LogP contribution in [0.4, 0.5) is 5.95 Å². The summed E-state index contributed by atoms with van der Waals surface area (Å²) in [5.74, 6) is 0.264. The topological polar surface area (TPSA) is 84.7 Å². The number of aryl methyl sites for hydroxylation is 1. The molecule has 1 fully saturated rings. The van der Waals surface area contributed by atoms with Gasteiger partial charge in [0, 0.05) is 30.4 Å². The third-order valence-corrected chi connectivity index (χ3v) is 4.23. The van der Waals surface area contributed by atoms with Gasteiger partial charge in [0.1, 0.15) is 0 Å². The Morgan fingerprint density at radius 2 is 2.25 bits per heavy atom. The van der Waals surface area contributed by atoms with Crippen molar-refractivity contribution in [2.24, 2.45) is 7.05 Å². The Morgan fingerprint density at radius 1 is 1.33 bits per heavy atom. The van der Waals surface area contributed by atoms with Crippen LogP contribution in [0.25, 0.3) is 22.0 Å². The predicted octanol–water partition coefficient (Wildman–Crippen LogP) is 1.72. The van der Waals surface area contributed by atoms with Gasteiger partial charge in [-0.3, -0.25) is 14.8 Å². The lowest BCUT2D eigenvalue weighted by atomic mass is 10.1. The first-order chi connectivity index (χ1) is 11.7. The van der Waals surface area contributed by atoms with Crippen molar-refractivity contribution in [3.63, 3.8) is 0 Å². The third-order valence-electron chi connectivity index (χ3n) is 4.23. The van der Waals surface area contributed by atoms with Gasteiger partial charge in [0.25, 0.3) is 0 Å². The Labute approximate surface area is 139 Å². The molecule has 0 spiro atoms. The van der Waals surface area contributed by atoms with E-state index < -0.39 is 0 Å². The molecule has 0 bridgehead atoms. The molecule has 1 atom stereocenters. The second-order valence-corrected chi connectivity index (χ2v) is 6.01. The van der Waals surface area contributed by atoms with Gasteiger partial charge in [-0.25, -0.2) is 9.97 Å². The molecular weight excluding hydrogens is 304 g/mol. The first-order valence-electron chi connectivity index (χ1n) is 7.99. The summed E-state index contributed by atoms with van der Waals surface area (Å²) in [6, 6.07) is 5.83. The maximum Gasteiger partial charge on any atom is 0.243 e. The van der Waals surface area contributed by atoms with Crippen LogP contribution in [0.2, 0.25) is 0 Å². The zero-order valence-corrected chi connectivity index (χ0v) is 13.4. The summed E-state index contributed by atoms with van der Waals surface area (Å²) in [5, 5.41) is 11.1. The van der Waals surface area contributed by atoms with Crippen molar-refractivity contribution in [3.8, 4) is 11.1 Å². The minimum Gasteiger partial charge on any atom is -0.306 e. The number of benzene rings is 1. The normalized spacial score (nSPS) is 17.3. The first kappa shape index (κ1) is 14.8. The van der Waals surface area contributed by atoms with Crippen LogP contribution in [0.5, 0.6) is 0 Å². The molecule has 2 N–H and O–H groups in total. The Bertz CT molecular complexity index is 897. The second-order valence-electron chi connectivity index (χ2n) is 6.01. The second kappa shape index (κ2) is 6.01. The highest BCUT2D eigenvalue weighted by atomic mass is 16.2. The molecule has 7 nitrogen and oxygen atoms in total. The van der Waals surface area contributed by atoms with Gasteiger partial charge in [-0.05, 0) is 31.0 Å². The quantitative estimate of drug-likeness (QED) is 0.767. The van der Waals surface area contributed by atoms with E-state index in [1.807, 2.05) is 37.6 Å². The van der Waals surface area contributed by atoms with Crippen LogP contribution < -0.4 is 10.6 Å². The van der Waals surface area contributed by atoms with Crippen LogP contribution >= 0.6 is 0 Å². The summed E-state index contributed by atoms with van der Waals surface area (Å²) in [4.78, 5) is 20.9. The zero-order chi connectivity index (χ0) is 16.5. The van der Waals surface area contributed by atoms with Crippen molar-refractivity contribution in [2.75, 3.05) is 11.9 Å². The fourth-order valence-corrected chi connectivity index (χ4v) is 2.94. The first-order valence-corrected chi connectivity index (χ1v) is 7.99. The molecule has 1 aliphatic rings. The van der Waals surface area contributed by atoms with Crippen LogP contribution in [-0.4, -0.2) is 38.2 Å². The van der Waals surface area contributed by atoms with Crippen molar-refractivity contribution in [2.45, 2.75) is 18.9 Å². The summed E-state index contributed by atoms with van der Waals surface area (Å²) in [6.45, 7) is 0.880. The van der Waals surface area contributed by atoms with Crippen LogP contribution in [0.15, 0.2) is 36.8 Å². The number of carbonyl (C=O) groups is 1. The average Bonchev–Trinajstić information content (AvgIpc) is 3.25. The van der Waals surface area contributed by atoms with E-state index in [1.165, 1.54) is 0 Å². The largest absolute Gasteiger partial charge is 0.306 e. The molecule has 1 saturated heterocycles. The summed E-state index contributed by atoms with van der Waals surface area (Å²) in [6.07, 6.45) is 7.37. The van der Waals surface area contributed by atoms with Crippen molar-refractivity contribution < 1.29 is 4.79 Å². The lowest BCUT2D eigenvalue weighted by Crippen LogP contribution is -2.35. The molecule has 3 aromatic rings. The maximum atomic E-state index is 12.2. The highest BCUT2D eigenvalue weighted by Crippen LogP contribution is 2.23. The van der Waals surface area contributed by atoms with Crippen molar-refractivity contribution in [3.05, 3.63) is 36.8 Å². The summed E-state index contributed by atoms with van der Waals surface area (Å²) >= 11 is 0. The number of anilines is 1.